The van der Waals surface area contributed by atoms with E-state index >= 15 is 0 Å². The number of aliphatic hydroxyl groups excluding tert-OH is 1. The van der Waals surface area contributed by atoms with E-state index in [0.29, 0.717) is 12.5 Å². The van der Waals surface area contributed by atoms with Crippen LogP contribution in [0.5, 0.6) is 0 Å². The van der Waals surface area contributed by atoms with E-state index in [1.165, 1.54) is 21.2 Å². The summed E-state index contributed by atoms with van der Waals surface area (Å²) in [6.07, 6.45) is -0.671. The van der Waals surface area contributed by atoms with Gasteiger partial charge >= 0.3 is 0 Å². The summed E-state index contributed by atoms with van der Waals surface area (Å²) in [6.45, 7) is 12.0. The molecule has 5 nitrogen and oxygen atoms in total. The average Bonchev–Trinajstić information content (AvgIpc) is 2.74. The summed E-state index contributed by atoms with van der Waals surface area (Å²) in [7, 11) is 0. The van der Waals surface area contributed by atoms with Crippen LogP contribution in [0.3, 0.4) is 0 Å². The first kappa shape index (κ1) is 21.7. The molecule has 162 valence electrons. The van der Waals surface area contributed by atoms with E-state index < -0.39 is 6.29 Å². The lowest BCUT2D eigenvalue weighted by atomic mass is 10.1. The highest BCUT2D eigenvalue weighted by Gasteiger charge is 2.25. The van der Waals surface area contributed by atoms with Gasteiger partial charge < -0.3 is 19.6 Å². The number of fused-ring (bicyclic) bond motifs is 2. The Morgan fingerprint density at radius 1 is 0.867 bits per heavy atom. The number of para-hydroxylation sites is 2. The third-order valence-electron chi connectivity index (χ3n) is 5.83. The van der Waals surface area contributed by atoms with Crippen molar-refractivity contribution in [3.8, 4) is 0 Å². The highest BCUT2D eigenvalue weighted by molar-refractivity contribution is 7.99. The van der Waals surface area contributed by atoms with Crippen LogP contribution in [0.1, 0.15) is 13.8 Å². The zero-order valence-corrected chi connectivity index (χ0v) is 18.9. The normalized spacial score (nSPS) is 19.2. The molecule has 1 saturated heterocycles. The van der Waals surface area contributed by atoms with Gasteiger partial charge in [-0.15, -0.1) is 0 Å². The Labute approximate surface area is 184 Å². The van der Waals surface area contributed by atoms with Crippen molar-refractivity contribution >= 4 is 23.1 Å². The minimum Gasteiger partial charge on any atom is -0.368 e. The maximum Gasteiger partial charge on any atom is 0.151 e. The Morgan fingerprint density at radius 2 is 1.43 bits per heavy atom. The van der Waals surface area contributed by atoms with E-state index in [1.807, 2.05) is 11.8 Å². The zero-order valence-electron chi connectivity index (χ0n) is 18.0. The smallest absolute Gasteiger partial charge is 0.151 e. The van der Waals surface area contributed by atoms with E-state index in [-0.39, 0.29) is 0 Å². The van der Waals surface area contributed by atoms with Crippen molar-refractivity contribution in [1.82, 2.24) is 9.80 Å². The van der Waals surface area contributed by atoms with Gasteiger partial charge in [-0.3, -0.25) is 4.90 Å². The number of nitrogens with zero attached hydrogens (tertiary/aromatic N) is 3. The fraction of sp³-hybridized carbons (Fsp3) is 0.500. The summed E-state index contributed by atoms with van der Waals surface area (Å²) in [6, 6.07) is 17.5. The molecule has 2 heterocycles. The molecule has 0 saturated carbocycles. The quantitative estimate of drug-likeness (QED) is 0.645. The van der Waals surface area contributed by atoms with Crippen molar-refractivity contribution in [2.45, 2.75) is 29.9 Å². The van der Waals surface area contributed by atoms with Crippen LogP contribution < -0.4 is 4.90 Å². The summed E-state index contributed by atoms with van der Waals surface area (Å²) in [4.78, 5) is 10.2. The monoisotopic (exact) mass is 427 g/mol. The van der Waals surface area contributed by atoms with Crippen LogP contribution in [0.2, 0.25) is 0 Å². The largest absolute Gasteiger partial charge is 0.368 e. The molecule has 2 aliphatic rings. The van der Waals surface area contributed by atoms with Crippen LogP contribution in [-0.2, 0) is 4.74 Å². The topological polar surface area (TPSA) is 39.2 Å². The molecule has 30 heavy (non-hydrogen) atoms. The molecule has 0 bridgehead atoms. The molecule has 0 aromatic heterocycles. The van der Waals surface area contributed by atoms with Crippen molar-refractivity contribution in [3.63, 3.8) is 0 Å². The van der Waals surface area contributed by atoms with Crippen LogP contribution in [0, 0.1) is 5.92 Å². The first-order valence-corrected chi connectivity index (χ1v) is 11.8. The number of rotatable bonds is 8. The fourth-order valence-electron chi connectivity index (χ4n) is 4.34. The molecule has 4 rings (SSSR count). The first-order valence-electron chi connectivity index (χ1n) is 11.0. The Balaban J connectivity index is 1.32. The fourth-order valence-corrected chi connectivity index (χ4v) is 5.43. The van der Waals surface area contributed by atoms with Gasteiger partial charge in [0.2, 0.25) is 0 Å². The van der Waals surface area contributed by atoms with Crippen molar-refractivity contribution in [2.24, 2.45) is 5.92 Å². The number of benzene rings is 2. The maximum absolute atomic E-state index is 9.23. The lowest BCUT2D eigenvalue weighted by molar-refractivity contribution is -0.0907. The molecule has 1 fully saturated rings. The van der Waals surface area contributed by atoms with Crippen LogP contribution in [0.25, 0.3) is 0 Å². The third-order valence-corrected chi connectivity index (χ3v) is 6.96. The van der Waals surface area contributed by atoms with Gasteiger partial charge in [-0.25, -0.2) is 0 Å². The van der Waals surface area contributed by atoms with Crippen molar-refractivity contribution in [3.05, 3.63) is 48.5 Å². The summed E-state index contributed by atoms with van der Waals surface area (Å²) in [5.74, 6) is 0.569. The van der Waals surface area contributed by atoms with Gasteiger partial charge in [-0.2, -0.15) is 0 Å². The maximum atomic E-state index is 9.23. The van der Waals surface area contributed by atoms with Crippen LogP contribution >= 0.6 is 11.8 Å². The molecule has 2 aliphatic heterocycles. The SMILES string of the molecule is CC(O)OCCN1CCN(C[C@H](C)CN2c3ccccc3Sc3ccccc32)CC1. The Hall–Kier alpha value is -1.57. The second-order valence-electron chi connectivity index (χ2n) is 8.37. The van der Waals surface area contributed by atoms with E-state index in [2.05, 4.69) is 70.2 Å². The highest BCUT2D eigenvalue weighted by atomic mass is 32.2. The summed E-state index contributed by atoms with van der Waals surface area (Å²) in [5.41, 5.74) is 2.66. The number of piperazine rings is 1. The molecule has 6 heteroatoms. The third kappa shape index (κ3) is 5.37. The molecular formula is C24H33N3O2S. The Morgan fingerprint density at radius 3 is 2.03 bits per heavy atom. The zero-order chi connectivity index (χ0) is 20.9. The average molecular weight is 428 g/mol. The van der Waals surface area contributed by atoms with Gasteiger partial charge in [0.1, 0.15) is 0 Å². The second kappa shape index (κ2) is 10.2. The van der Waals surface area contributed by atoms with Crippen LogP contribution in [0.15, 0.2) is 58.3 Å². The summed E-state index contributed by atoms with van der Waals surface area (Å²) in [5, 5.41) is 9.23. The van der Waals surface area contributed by atoms with Crippen LogP contribution in [-0.4, -0.2) is 73.6 Å². The van der Waals surface area contributed by atoms with Gasteiger partial charge in [-0.1, -0.05) is 43.0 Å². The first-order chi connectivity index (χ1) is 14.6. The lowest BCUT2D eigenvalue weighted by Gasteiger charge is -2.38. The van der Waals surface area contributed by atoms with Crippen molar-refractivity contribution in [1.29, 1.82) is 0 Å². The minimum atomic E-state index is -0.671. The predicted molar refractivity (Wildman–Crippen MR) is 124 cm³/mol. The van der Waals surface area contributed by atoms with Gasteiger partial charge in [0.25, 0.3) is 0 Å². The van der Waals surface area contributed by atoms with Crippen molar-refractivity contribution < 1.29 is 9.84 Å². The molecule has 1 unspecified atom stereocenters. The number of hydrogen-bond donors (Lipinski definition) is 1. The summed E-state index contributed by atoms with van der Waals surface area (Å²) < 4.78 is 5.27. The molecular weight excluding hydrogens is 394 g/mol. The Bertz CT molecular complexity index is 778. The van der Waals surface area contributed by atoms with E-state index in [4.69, 9.17) is 4.74 Å². The second-order valence-corrected chi connectivity index (χ2v) is 9.45. The molecule has 1 N–H and O–H groups in total. The van der Waals surface area contributed by atoms with E-state index in [0.717, 1.165) is 45.8 Å². The summed E-state index contributed by atoms with van der Waals surface area (Å²) >= 11 is 1.87. The molecule has 2 aromatic carbocycles. The molecule has 2 atom stereocenters. The van der Waals surface area contributed by atoms with Crippen molar-refractivity contribution in [2.75, 3.05) is 57.3 Å². The van der Waals surface area contributed by atoms with E-state index in [9.17, 15) is 5.11 Å². The highest BCUT2D eigenvalue weighted by Crippen LogP contribution is 2.48. The van der Waals surface area contributed by atoms with Gasteiger partial charge in [0.05, 0.1) is 18.0 Å². The molecule has 0 aliphatic carbocycles. The standard InChI is InChI=1S/C24H33N3O2S/c1-19(17-26-13-11-25(12-14-26)15-16-29-20(2)28)18-27-21-7-3-5-9-23(21)30-24-10-6-4-8-22(24)27/h3-10,19-20,28H,11-18H2,1-2H3/t19-,20?/m0/s1. The lowest BCUT2D eigenvalue weighted by Crippen LogP contribution is -2.49. The molecule has 0 amide bonds. The molecule has 0 spiro atoms. The predicted octanol–water partition coefficient (Wildman–Crippen LogP) is 3.90. The Kier molecular flexibility index (Phi) is 7.33. The van der Waals surface area contributed by atoms with Gasteiger partial charge in [0.15, 0.2) is 6.29 Å². The number of anilines is 2. The number of ether oxygens (including phenoxy) is 1. The number of aliphatic hydroxyl groups is 1. The molecule has 2 aromatic rings. The number of hydrogen-bond acceptors (Lipinski definition) is 6. The van der Waals surface area contributed by atoms with Crippen LogP contribution in [0.4, 0.5) is 11.4 Å². The van der Waals surface area contributed by atoms with Gasteiger partial charge in [0, 0.05) is 55.6 Å². The van der Waals surface area contributed by atoms with E-state index in [1.54, 1.807) is 6.92 Å². The van der Waals surface area contributed by atoms with Gasteiger partial charge in [-0.05, 0) is 37.1 Å². The molecule has 0 radical (unpaired) electrons. The minimum absolute atomic E-state index is 0.569.